The Morgan fingerprint density at radius 2 is 2.21 bits per heavy atom. The molecule has 3 rings (SSSR count). The second kappa shape index (κ2) is 9.63. The number of aromatic nitrogens is 2. The molecule has 0 saturated heterocycles. The minimum absolute atomic E-state index is 0.0399. The quantitative estimate of drug-likeness (QED) is 0.541. The Morgan fingerprint density at radius 3 is 2.96 bits per heavy atom. The Bertz CT molecular complexity index is 958. The lowest BCUT2D eigenvalue weighted by atomic mass is 10.3. The van der Waals surface area contributed by atoms with Crippen LogP contribution in [-0.4, -0.2) is 41.0 Å². The number of thioether (sulfide) groups is 1. The SMILES string of the molecule is COCCn1c(SCC(=O)NC(=O)NCc2ccco2)nc2cc(Cl)ccc21. The predicted molar refractivity (Wildman–Crippen MR) is 106 cm³/mol. The van der Waals surface area contributed by atoms with Gasteiger partial charge in [-0.1, -0.05) is 23.4 Å². The summed E-state index contributed by atoms with van der Waals surface area (Å²) in [6.45, 7) is 1.29. The van der Waals surface area contributed by atoms with Crippen molar-refractivity contribution < 1.29 is 18.7 Å². The number of imidazole rings is 1. The van der Waals surface area contributed by atoms with Crippen molar-refractivity contribution in [2.75, 3.05) is 19.5 Å². The van der Waals surface area contributed by atoms with E-state index in [-0.39, 0.29) is 12.3 Å². The molecule has 0 unspecified atom stereocenters. The fourth-order valence-corrected chi connectivity index (χ4v) is 3.51. The van der Waals surface area contributed by atoms with E-state index in [0.29, 0.717) is 29.1 Å². The molecule has 3 aromatic rings. The molecule has 3 amide bonds. The number of methoxy groups -OCH3 is 1. The second-order valence-corrected chi connectivity index (χ2v) is 7.15. The smallest absolute Gasteiger partial charge is 0.321 e. The van der Waals surface area contributed by atoms with E-state index in [4.69, 9.17) is 20.8 Å². The van der Waals surface area contributed by atoms with Crippen LogP contribution in [0.2, 0.25) is 5.02 Å². The van der Waals surface area contributed by atoms with Crippen molar-refractivity contribution in [2.24, 2.45) is 0 Å². The molecule has 0 aliphatic rings. The van der Waals surface area contributed by atoms with Crippen molar-refractivity contribution >= 4 is 46.3 Å². The fraction of sp³-hybridized carbons (Fsp3) is 0.278. The van der Waals surface area contributed by atoms with Gasteiger partial charge in [0.05, 0.1) is 36.2 Å². The van der Waals surface area contributed by atoms with Gasteiger partial charge in [0.1, 0.15) is 5.76 Å². The van der Waals surface area contributed by atoms with Gasteiger partial charge in [0.2, 0.25) is 5.91 Å². The van der Waals surface area contributed by atoms with Crippen LogP contribution in [0.1, 0.15) is 5.76 Å². The molecule has 0 aliphatic carbocycles. The Labute approximate surface area is 170 Å². The van der Waals surface area contributed by atoms with Crippen LogP contribution in [0.15, 0.2) is 46.2 Å². The van der Waals surface area contributed by atoms with Gasteiger partial charge in [-0.25, -0.2) is 9.78 Å². The highest BCUT2D eigenvalue weighted by Crippen LogP contribution is 2.26. The van der Waals surface area contributed by atoms with E-state index in [0.717, 1.165) is 11.0 Å². The third-order valence-electron chi connectivity index (χ3n) is 3.78. The maximum Gasteiger partial charge on any atom is 0.321 e. The summed E-state index contributed by atoms with van der Waals surface area (Å²) in [6.07, 6.45) is 1.51. The van der Waals surface area contributed by atoms with E-state index in [2.05, 4.69) is 15.6 Å². The van der Waals surface area contributed by atoms with Crippen molar-refractivity contribution in [1.82, 2.24) is 20.2 Å². The van der Waals surface area contributed by atoms with Gasteiger partial charge in [-0.2, -0.15) is 0 Å². The van der Waals surface area contributed by atoms with E-state index >= 15 is 0 Å². The molecule has 148 valence electrons. The first kappa shape index (κ1) is 20.2. The maximum atomic E-state index is 12.1. The average Bonchev–Trinajstić information content (AvgIpc) is 3.30. The lowest BCUT2D eigenvalue weighted by Crippen LogP contribution is -2.39. The molecule has 1 aromatic carbocycles. The van der Waals surface area contributed by atoms with Gasteiger partial charge in [0.25, 0.3) is 0 Å². The number of hydrogen-bond donors (Lipinski definition) is 2. The minimum atomic E-state index is -0.582. The standard InChI is InChI=1S/C18H19ClN4O4S/c1-26-8-6-23-15-5-4-12(19)9-14(15)21-18(23)28-11-16(24)22-17(25)20-10-13-3-2-7-27-13/h2-5,7,9H,6,8,10-11H2,1H3,(H2,20,22,24,25). The highest BCUT2D eigenvalue weighted by molar-refractivity contribution is 7.99. The summed E-state index contributed by atoms with van der Waals surface area (Å²) in [5.74, 6) is 0.214. The summed E-state index contributed by atoms with van der Waals surface area (Å²) < 4.78 is 12.2. The molecule has 0 spiro atoms. The van der Waals surface area contributed by atoms with Crippen LogP contribution in [0.5, 0.6) is 0 Å². The monoisotopic (exact) mass is 422 g/mol. The summed E-state index contributed by atoms with van der Waals surface area (Å²) in [4.78, 5) is 28.4. The molecule has 2 N–H and O–H groups in total. The van der Waals surface area contributed by atoms with Crippen LogP contribution in [0.4, 0.5) is 4.79 Å². The highest BCUT2D eigenvalue weighted by atomic mass is 35.5. The number of carbonyl (C=O) groups is 2. The molecule has 2 aromatic heterocycles. The van der Waals surface area contributed by atoms with E-state index in [1.807, 2.05) is 10.6 Å². The molecule has 0 saturated carbocycles. The molecular weight excluding hydrogens is 404 g/mol. The number of furan rings is 1. The van der Waals surface area contributed by atoms with Gasteiger partial charge < -0.3 is 19.0 Å². The number of urea groups is 1. The Balaban J connectivity index is 1.58. The number of nitrogens with one attached hydrogen (secondary N) is 2. The number of halogens is 1. The van der Waals surface area contributed by atoms with Crippen molar-refractivity contribution in [3.05, 3.63) is 47.4 Å². The Morgan fingerprint density at radius 1 is 1.36 bits per heavy atom. The first-order valence-corrected chi connectivity index (χ1v) is 9.81. The van der Waals surface area contributed by atoms with Gasteiger partial charge >= 0.3 is 6.03 Å². The van der Waals surface area contributed by atoms with Crippen LogP contribution in [0.3, 0.4) is 0 Å². The Hall–Kier alpha value is -2.49. The summed E-state index contributed by atoms with van der Waals surface area (Å²) >= 11 is 7.28. The van der Waals surface area contributed by atoms with E-state index < -0.39 is 11.9 Å². The lowest BCUT2D eigenvalue weighted by Gasteiger charge is -2.08. The molecular formula is C18H19ClN4O4S. The number of benzene rings is 1. The summed E-state index contributed by atoms with van der Waals surface area (Å²) in [5.41, 5.74) is 1.64. The van der Waals surface area contributed by atoms with E-state index in [1.54, 1.807) is 31.4 Å². The van der Waals surface area contributed by atoms with Gasteiger partial charge in [-0.05, 0) is 30.3 Å². The third kappa shape index (κ3) is 5.28. The predicted octanol–water partition coefficient (Wildman–Crippen LogP) is 3.05. The van der Waals surface area contributed by atoms with E-state index in [9.17, 15) is 9.59 Å². The van der Waals surface area contributed by atoms with E-state index in [1.165, 1.54) is 18.0 Å². The molecule has 28 heavy (non-hydrogen) atoms. The lowest BCUT2D eigenvalue weighted by molar-refractivity contribution is -0.117. The van der Waals surface area contributed by atoms with Crippen LogP contribution in [0, 0.1) is 0 Å². The number of imide groups is 1. The number of fused-ring (bicyclic) bond motifs is 1. The van der Waals surface area contributed by atoms with Crippen molar-refractivity contribution in [3.8, 4) is 0 Å². The number of amides is 3. The van der Waals surface area contributed by atoms with Crippen LogP contribution in [0.25, 0.3) is 11.0 Å². The second-order valence-electron chi connectivity index (χ2n) is 5.77. The van der Waals surface area contributed by atoms with Crippen molar-refractivity contribution in [3.63, 3.8) is 0 Å². The molecule has 0 bridgehead atoms. The first-order valence-electron chi connectivity index (χ1n) is 8.44. The van der Waals surface area contributed by atoms with Crippen molar-refractivity contribution in [2.45, 2.75) is 18.2 Å². The fourth-order valence-electron chi connectivity index (χ4n) is 2.51. The zero-order valence-corrected chi connectivity index (χ0v) is 16.7. The third-order valence-corrected chi connectivity index (χ3v) is 4.99. The normalized spacial score (nSPS) is 10.9. The number of nitrogens with zero attached hydrogens (tertiary/aromatic N) is 2. The number of rotatable bonds is 8. The van der Waals surface area contributed by atoms with Crippen LogP contribution < -0.4 is 10.6 Å². The highest BCUT2D eigenvalue weighted by Gasteiger charge is 2.15. The van der Waals surface area contributed by atoms with Crippen LogP contribution in [-0.2, 0) is 22.6 Å². The minimum Gasteiger partial charge on any atom is -0.467 e. The maximum absolute atomic E-state index is 12.1. The number of carbonyl (C=O) groups excluding carboxylic acids is 2. The largest absolute Gasteiger partial charge is 0.467 e. The first-order chi connectivity index (χ1) is 13.6. The zero-order valence-electron chi connectivity index (χ0n) is 15.1. The van der Waals surface area contributed by atoms with Gasteiger partial charge in [-0.3, -0.25) is 10.1 Å². The number of hydrogen-bond acceptors (Lipinski definition) is 6. The molecule has 2 heterocycles. The summed E-state index contributed by atoms with van der Waals surface area (Å²) in [5, 5.41) is 6.08. The molecule has 0 fully saturated rings. The van der Waals surface area contributed by atoms with Gasteiger partial charge in [0.15, 0.2) is 5.16 Å². The van der Waals surface area contributed by atoms with Gasteiger partial charge in [-0.15, -0.1) is 0 Å². The molecule has 0 radical (unpaired) electrons. The zero-order chi connectivity index (χ0) is 19.9. The van der Waals surface area contributed by atoms with Crippen LogP contribution >= 0.6 is 23.4 Å². The topological polar surface area (TPSA) is 98.4 Å². The molecule has 0 aliphatic heterocycles. The van der Waals surface area contributed by atoms with Crippen molar-refractivity contribution in [1.29, 1.82) is 0 Å². The Kier molecular flexibility index (Phi) is 6.96. The molecule has 0 atom stereocenters. The molecule has 10 heteroatoms. The summed E-state index contributed by atoms with van der Waals surface area (Å²) in [6, 6.07) is 8.31. The average molecular weight is 423 g/mol. The van der Waals surface area contributed by atoms with Gasteiger partial charge in [0, 0.05) is 18.7 Å². The molecule has 8 nitrogen and oxygen atoms in total. The number of ether oxygens (including phenoxy) is 1. The summed E-state index contributed by atoms with van der Waals surface area (Å²) in [7, 11) is 1.62.